The van der Waals surface area contributed by atoms with Crippen molar-refractivity contribution in [3.63, 3.8) is 0 Å². The Morgan fingerprint density at radius 3 is 2.40 bits per heavy atom. The number of nitrogens with one attached hydrogen (secondary N) is 2. The summed E-state index contributed by atoms with van der Waals surface area (Å²) in [5.74, 6) is -0.488. The molecule has 132 valence electrons. The number of nitro benzene ring substituents is 1. The number of rotatable bonds is 5. The molecule has 9 heteroatoms. The predicted molar refractivity (Wildman–Crippen MR) is 95.4 cm³/mol. The maximum atomic E-state index is 12.5. The molecule has 0 saturated carbocycles. The van der Waals surface area contributed by atoms with Gasteiger partial charge in [-0.25, -0.2) is 8.42 Å². The van der Waals surface area contributed by atoms with E-state index in [0.717, 1.165) is 6.26 Å². The smallest absolute Gasteiger partial charge is 0.271 e. The number of carbonyl (C=O) groups is 1. The molecule has 0 fully saturated rings. The Balaban J connectivity index is 2.35. The van der Waals surface area contributed by atoms with E-state index in [1.165, 1.54) is 12.1 Å². The van der Waals surface area contributed by atoms with Crippen molar-refractivity contribution in [1.82, 2.24) is 0 Å². The molecule has 2 rings (SSSR count). The molecule has 2 aromatic carbocycles. The quantitative estimate of drug-likeness (QED) is 0.625. The zero-order chi connectivity index (χ0) is 18.8. The molecule has 0 atom stereocenters. The summed E-state index contributed by atoms with van der Waals surface area (Å²) in [5.41, 5.74) is 1.87. The average Bonchev–Trinajstić information content (AvgIpc) is 2.50. The first-order chi connectivity index (χ1) is 11.6. The van der Waals surface area contributed by atoms with Gasteiger partial charge in [0.05, 0.1) is 22.6 Å². The Labute approximate surface area is 145 Å². The van der Waals surface area contributed by atoms with Crippen LogP contribution in [0.2, 0.25) is 0 Å². The van der Waals surface area contributed by atoms with Gasteiger partial charge in [0.2, 0.25) is 10.0 Å². The minimum atomic E-state index is -3.48. The lowest BCUT2D eigenvalue weighted by atomic mass is 10.1. The highest BCUT2D eigenvalue weighted by molar-refractivity contribution is 7.92. The van der Waals surface area contributed by atoms with Gasteiger partial charge in [0, 0.05) is 17.7 Å². The Morgan fingerprint density at radius 2 is 1.80 bits per heavy atom. The van der Waals surface area contributed by atoms with Crippen LogP contribution in [0.4, 0.5) is 17.1 Å². The van der Waals surface area contributed by atoms with Crippen LogP contribution in [-0.2, 0) is 10.0 Å². The molecule has 0 bridgehead atoms. The maximum absolute atomic E-state index is 12.5. The van der Waals surface area contributed by atoms with Crippen molar-refractivity contribution in [2.45, 2.75) is 13.8 Å². The third kappa shape index (κ3) is 4.54. The summed E-state index contributed by atoms with van der Waals surface area (Å²) in [6.07, 6.45) is 1.02. The van der Waals surface area contributed by atoms with E-state index >= 15 is 0 Å². The number of hydrogen-bond donors (Lipinski definition) is 2. The number of carbonyl (C=O) groups excluding carboxylic acids is 1. The largest absolute Gasteiger partial charge is 0.321 e. The van der Waals surface area contributed by atoms with Crippen LogP contribution >= 0.6 is 0 Å². The summed E-state index contributed by atoms with van der Waals surface area (Å²) in [4.78, 5) is 22.9. The number of benzene rings is 2. The Bertz CT molecular complexity index is 954. The minimum Gasteiger partial charge on any atom is -0.321 e. The van der Waals surface area contributed by atoms with E-state index in [1.807, 2.05) is 0 Å². The van der Waals surface area contributed by atoms with E-state index < -0.39 is 20.9 Å². The fourth-order valence-corrected chi connectivity index (χ4v) is 2.86. The molecular formula is C16H17N3O5S. The van der Waals surface area contributed by atoms with Crippen molar-refractivity contribution in [2.75, 3.05) is 16.3 Å². The maximum Gasteiger partial charge on any atom is 0.271 e. The molecule has 0 unspecified atom stereocenters. The lowest BCUT2D eigenvalue weighted by molar-refractivity contribution is -0.384. The van der Waals surface area contributed by atoms with Crippen LogP contribution in [0.3, 0.4) is 0 Å². The molecule has 0 heterocycles. The van der Waals surface area contributed by atoms with Crippen LogP contribution in [0.15, 0.2) is 36.4 Å². The molecule has 2 N–H and O–H groups in total. The highest BCUT2D eigenvalue weighted by Gasteiger charge is 2.16. The van der Waals surface area contributed by atoms with Gasteiger partial charge in [0.15, 0.2) is 0 Å². The number of nitrogens with zero attached hydrogens (tertiary/aromatic N) is 1. The molecule has 25 heavy (non-hydrogen) atoms. The second kappa shape index (κ2) is 6.89. The summed E-state index contributed by atoms with van der Waals surface area (Å²) in [6.45, 7) is 3.33. The van der Waals surface area contributed by atoms with Crippen LogP contribution in [0, 0.1) is 24.0 Å². The van der Waals surface area contributed by atoms with Gasteiger partial charge in [-0.05, 0) is 37.1 Å². The average molecular weight is 363 g/mol. The van der Waals surface area contributed by atoms with Gasteiger partial charge < -0.3 is 5.32 Å². The highest BCUT2D eigenvalue weighted by atomic mass is 32.2. The topological polar surface area (TPSA) is 118 Å². The van der Waals surface area contributed by atoms with Gasteiger partial charge in [-0.2, -0.15) is 0 Å². The molecular weight excluding hydrogens is 346 g/mol. The molecule has 0 aromatic heterocycles. The van der Waals surface area contributed by atoms with E-state index in [4.69, 9.17) is 0 Å². The SMILES string of the molecule is Cc1ccc([N+](=O)[O-])cc1NC(=O)c1cccc(NS(C)(=O)=O)c1C. The van der Waals surface area contributed by atoms with Crippen LogP contribution in [0.25, 0.3) is 0 Å². The Hall–Kier alpha value is -2.94. The first kappa shape index (κ1) is 18.4. The van der Waals surface area contributed by atoms with Crippen molar-refractivity contribution in [1.29, 1.82) is 0 Å². The molecule has 8 nitrogen and oxygen atoms in total. The van der Waals surface area contributed by atoms with E-state index in [2.05, 4.69) is 10.0 Å². The van der Waals surface area contributed by atoms with Crippen molar-refractivity contribution in [2.24, 2.45) is 0 Å². The third-order valence-corrected chi connectivity index (χ3v) is 4.14. The monoisotopic (exact) mass is 363 g/mol. The molecule has 0 spiro atoms. The number of amides is 1. The molecule has 0 aliphatic carbocycles. The van der Waals surface area contributed by atoms with Gasteiger partial charge in [0.25, 0.3) is 11.6 Å². The normalized spacial score (nSPS) is 11.0. The first-order valence-corrected chi connectivity index (χ1v) is 9.11. The van der Waals surface area contributed by atoms with Crippen molar-refractivity contribution >= 4 is 33.0 Å². The van der Waals surface area contributed by atoms with Crippen molar-refractivity contribution < 1.29 is 18.1 Å². The van der Waals surface area contributed by atoms with E-state index in [9.17, 15) is 23.3 Å². The summed E-state index contributed by atoms with van der Waals surface area (Å²) in [7, 11) is -3.48. The second-order valence-electron chi connectivity index (χ2n) is 5.56. The molecule has 1 amide bonds. The van der Waals surface area contributed by atoms with Crippen molar-refractivity contribution in [3.05, 3.63) is 63.2 Å². The van der Waals surface area contributed by atoms with Gasteiger partial charge in [-0.15, -0.1) is 0 Å². The second-order valence-corrected chi connectivity index (χ2v) is 7.31. The number of hydrogen-bond acceptors (Lipinski definition) is 5. The van der Waals surface area contributed by atoms with E-state index in [1.54, 1.807) is 38.1 Å². The lowest BCUT2D eigenvalue weighted by Gasteiger charge is -2.13. The number of anilines is 2. The Morgan fingerprint density at radius 1 is 1.12 bits per heavy atom. The molecule has 0 aliphatic heterocycles. The minimum absolute atomic E-state index is 0.134. The molecule has 0 saturated heterocycles. The van der Waals surface area contributed by atoms with Gasteiger partial charge in [-0.3, -0.25) is 19.6 Å². The van der Waals surface area contributed by atoms with Gasteiger partial charge in [0.1, 0.15) is 0 Å². The fraction of sp³-hybridized carbons (Fsp3) is 0.188. The van der Waals surface area contributed by atoms with Crippen LogP contribution in [-0.4, -0.2) is 25.5 Å². The zero-order valence-corrected chi connectivity index (χ0v) is 14.7. The van der Waals surface area contributed by atoms with Gasteiger partial charge in [-0.1, -0.05) is 12.1 Å². The number of aryl methyl sites for hydroxylation is 1. The van der Waals surface area contributed by atoms with E-state index in [0.29, 0.717) is 22.5 Å². The molecule has 0 aliphatic rings. The summed E-state index contributed by atoms with van der Waals surface area (Å²) in [6, 6.07) is 8.82. The zero-order valence-electron chi connectivity index (χ0n) is 13.9. The standard InChI is InChI=1S/C16H17N3O5S/c1-10-7-8-12(19(21)22)9-15(10)17-16(20)13-5-4-6-14(11(13)2)18-25(3,23)24/h4-9,18H,1-3H3,(H,17,20). The van der Waals surface area contributed by atoms with E-state index in [-0.39, 0.29) is 11.3 Å². The third-order valence-electron chi connectivity index (χ3n) is 3.55. The van der Waals surface area contributed by atoms with Crippen LogP contribution < -0.4 is 10.0 Å². The summed E-state index contributed by atoms with van der Waals surface area (Å²) >= 11 is 0. The van der Waals surface area contributed by atoms with Crippen molar-refractivity contribution in [3.8, 4) is 0 Å². The summed E-state index contributed by atoms with van der Waals surface area (Å²) < 4.78 is 25.1. The number of sulfonamides is 1. The molecule has 0 radical (unpaired) electrons. The Kier molecular flexibility index (Phi) is 5.07. The van der Waals surface area contributed by atoms with Crippen LogP contribution in [0.1, 0.15) is 21.5 Å². The fourth-order valence-electron chi connectivity index (χ4n) is 2.24. The predicted octanol–water partition coefficient (Wildman–Crippen LogP) is 2.84. The number of nitro groups is 1. The number of non-ortho nitro benzene ring substituents is 1. The van der Waals surface area contributed by atoms with Gasteiger partial charge >= 0.3 is 0 Å². The summed E-state index contributed by atoms with van der Waals surface area (Å²) in [5, 5.41) is 13.5. The first-order valence-electron chi connectivity index (χ1n) is 7.22. The van der Waals surface area contributed by atoms with Crippen LogP contribution in [0.5, 0.6) is 0 Å². The highest BCUT2D eigenvalue weighted by Crippen LogP contribution is 2.24. The lowest BCUT2D eigenvalue weighted by Crippen LogP contribution is -2.16. The molecule has 2 aromatic rings.